The van der Waals surface area contributed by atoms with Gasteiger partial charge in [0.25, 0.3) is 5.91 Å². The van der Waals surface area contributed by atoms with Crippen LogP contribution in [0.1, 0.15) is 43.7 Å². The second-order valence-electron chi connectivity index (χ2n) is 9.60. The molecule has 3 atom stereocenters. The quantitative estimate of drug-likeness (QED) is 0.138. The van der Waals surface area contributed by atoms with Crippen LogP contribution in [0.4, 0.5) is 4.79 Å². The predicted octanol–water partition coefficient (Wildman–Crippen LogP) is 5.35. The number of methoxy groups -OCH3 is 1. The van der Waals surface area contributed by atoms with Gasteiger partial charge in [0, 0.05) is 11.4 Å². The molecule has 10 heteroatoms. The van der Waals surface area contributed by atoms with Crippen LogP contribution in [-0.4, -0.2) is 35.1 Å². The number of allylic oxidation sites excluding steroid dienone is 1. The van der Waals surface area contributed by atoms with E-state index in [1.807, 2.05) is 37.3 Å². The number of hydrazine groups is 1. The zero-order valence-electron chi connectivity index (χ0n) is 21.8. The Hall–Kier alpha value is -3.33. The minimum atomic E-state index is -1.59. The molecule has 1 aliphatic carbocycles. The zero-order valence-corrected chi connectivity index (χ0v) is 23.3. The van der Waals surface area contributed by atoms with Crippen molar-refractivity contribution in [2.45, 2.75) is 49.6 Å². The molecule has 0 spiro atoms. The third kappa shape index (κ3) is 5.41. The molecule has 1 heterocycles. The molecule has 2 aliphatic rings. The Bertz CT molecular complexity index is 1320. The first-order valence-electron chi connectivity index (χ1n) is 12.7. The number of amides is 2. The summed E-state index contributed by atoms with van der Waals surface area (Å²) in [4.78, 5) is 38.8. The fourth-order valence-electron chi connectivity index (χ4n) is 5.40. The Labute approximate surface area is 237 Å². The lowest BCUT2D eigenvalue weighted by Gasteiger charge is -2.40. The molecule has 4 rings (SSSR count). The van der Waals surface area contributed by atoms with Crippen LogP contribution in [-0.2, 0) is 31.1 Å². The fraction of sp³-hybridized carbons (Fsp3) is 0.345. The van der Waals surface area contributed by atoms with Crippen molar-refractivity contribution in [3.63, 3.8) is 0 Å². The number of nitrogens with zero attached hydrogens (tertiary/aromatic N) is 1. The number of carbonyl (C=O) groups excluding carboxylic acids is 3. The number of esters is 1. The molecule has 1 aliphatic heterocycles. The van der Waals surface area contributed by atoms with Gasteiger partial charge in [0.2, 0.25) is 0 Å². The molecule has 2 unspecified atom stereocenters. The van der Waals surface area contributed by atoms with Gasteiger partial charge in [0.1, 0.15) is 17.0 Å². The van der Waals surface area contributed by atoms with Gasteiger partial charge in [-0.3, -0.25) is 14.9 Å². The second-order valence-corrected chi connectivity index (χ2v) is 10.7. The van der Waals surface area contributed by atoms with E-state index in [0.717, 1.165) is 17.0 Å². The van der Waals surface area contributed by atoms with Crippen LogP contribution < -0.4 is 11.2 Å². The van der Waals surface area contributed by atoms with Crippen LogP contribution >= 0.6 is 23.2 Å². The fourth-order valence-corrected chi connectivity index (χ4v) is 5.95. The number of alkyl carbamates (subject to hydrolysis) is 1. The van der Waals surface area contributed by atoms with Crippen molar-refractivity contribution in [3.05, 3.63) is 94.2 Å². The van der Waals surface area contributed by atoms with Gasteiger partial charge in [-0.2, -0.15) is 0 Å². The summed E-state index contributed by atoms with van der Waals surface area (Å²) in [6, 6.07) is 16.1. The number of benzene rings is 2. The van der Waals surface area contributed by atoms with Gasteiger partial charge in [-0.05, 0) is 41.3 Å². The summed E-state index contributed by atoms with van der Waals surface area (Å²) in [5, 5.41) is 4.02. The summed E-state index contributed by atoms with van der Waals surface area (Å²) in [6.45, 7) is 2.04. The van der Waals surface area contributed by atoms with Crippen LogP contribution in [0.3, 0.4) is 0 Å². The summed E-state index contributed by atoms with van der Waals surface area (Å²) >= 11 is 13.6. The Morgan fingerprint density at radius 1 is 1.15 bits per heavy atom. The molecule has 0 radical (unpaired) electrons. The van der Waals surface area contributed by atoms with Gasteiger partial charge in [-0.25, -0.2) is 15.6 Å². The molecule has 0 saturated carbocycles. The van der Waals surface area contributed by atoms with E-state index < -0.39 is 34.3 Å². The molecular formula is C29H31Cl2N3O5. The van der Waals surface area contributed by atoms with Crippen molar-refractivity contribution in [2.24, 2.45) is 11.8 Å². The van der Waals surface area contributed by atoms with E-state index in [2.05, 4.69) is 5.32 Å². The van der Waals surface area contributed by atoms with Gasteiger partial charge in [0.05, 0.1) is 18.7 Å². The summed E-state index contributed by atoms with van der Waals surface area (Å²) in [6.07, 6.45) is 4.13. The van der Waals surface area contributed by atoms with E-state index in [1.165, 1.54) is 7.11 Å². The SMILES string of the molecule is CCCC[C@@H](C(=O)OC)C1(c2ccccc2Cl)C(=O)N(N)C2=C1CC(Cl)(NC(=O)OCc1ccccc1)C=C2. The summed E-state index contributed by atoms with van der Waals surface area (Å²) in [5.41, 5.74) is 0.502. The number of rotatable bonds is 9. The highest BCUT2D eigenvalue weighted by atomic mass is 35.5. The highest BCUT2D eigenvalue weighted by molar-refractivity contribution is 6.32. The largest absolute Gasteiger partial charge is 0.469 e. The lowest BCUT2D eigenvalue weighted by molar-refractivity contribution is -0.152. The standard InChI is InChI=1S/C29H31Cl2N3O5/c1-3-4-12-21(25(35)38-2)29(20-13-8-9-14-23(20)30)22-17-28(31,16-15-24(22)34(32)26(29)36)33-27(37)39-18-19-10-6-5-7-11-19/h5-11,13-16,21H,3-4,12,17-18,32H2,1-2H3,(H,33,37)/t21-,28?,29?/m0/s1. The number of nitrogens with one attached hydrogen (secondary N) is 1. The van der Waals surface area contributed by atoms with Crippen LogP contribution in [0, 0.1) is 5.92 Å². The number of halogens is 2. The zero-order chi connectivity index (χ0) is 28.2. The average molecular weight is 572 g/mol. The van der Waals surface area contributed by atoms with E-state index in [9.17, 15) is 14.4 Å². The van der Waals surface area contributed by atoms with Crippen LogP contribution in [0.15, 0.2) is 78.0 Å². The van der Waals surface area contributed by atoms with Crippen molar-refractivity contribution in [2.75, 3.05) is 7.11 Å². The Morgan fingerprint density at radius 2 is 1.85 bits per heavy atom. The van der Waals surface area contributed by atoms with Crippen molar-refractivity contribution in [1.82, 2.24) is 10.3 Å². The molecule has 8 nitrogen and oxygen atoms in total. The van der Waals surface area contributed by atoms with Crippen molar-refractivity contribution in [3.8, 4) is 0 Å². The molecule has 2 aromatic carbocycles. The van der Waals surface area contributed by atoms with E-state index >= 15 is 0 Å². The van der Waals surface area contributed by atoms with E-state index in [4.69, 9.17) is 38.5 Å². The van der Waals surface area contributed by atoms with Gasteiger partial charge in [-0.15, -0.1) is 0 Å². The van der Waals surface area contributed by atoms with E-state index in [-0.39, 0.29) is 13.0 Å². The maximum atomic E-state index is 14.2. The van der Waals surface area contributed by atoms with Crippen molar-refractivity contribution < 1.29 is 23.9 Å². The second kappa shape index (κ2) is 11.8. The molecular weight excluding hydrogens is 541 g/mol. The summed E-state index contributed by atoms with van der Waals surface area (Å²) in [5.74, 6) is 4.30. The van der Waals surface area contributed by atoms with Crippen molar-refractivity contribution >= 4 is 41.2 Å². The third-order valence-electron chi connectivity index (χ3n) is 7.22. The molecule has 206 valence electrons. The van der Waals surface area contributed by atoms with Crippen LogP contribution in [0.25, 0.3) is 0 Å². The lowest BCUT2D eigenvalue weighted by Crippen LogP contribution is -2.52. The average Bonchev–Trinajstić information content (AvgIpc) is 3.14. The number of unbranched alkanes of at least 4 members (excludes halogenated alkanes) is 1. The maximum absolute atomic E-state index is 14.2. The van der Waals surface area contributed by atoms with E-state index in [0.29, 0.717) is 34.7 Å². The van der Waals surface area contributed by atoms with Crippen molar-refractivity contribution in [1.29, 1.82) is 0 Å². The first-order chi connectivity index (χ1) is 18.7. The van der Waals surface area contributed by atoms with Gasteiger partial charge in [-0.1, -0.05) is 91.5 Å². The number of hydrogen-bond donors (Lipinski definition) is 2. The molecule has 3 N–H and O–H groups in total. The molecule has 0 fully saturated rings. The molecule has 39 heavy (non-hydrogen) atoms. The Morgan fingerprint density at radius 3 is 2.51 bits per heavy atom. The molecule has 0 saturated heterocycles. The maximum Gasteiger partial charge on any atom is 0.409 e. The predicted molar refractivity (Wildman–Crippen MR) is 148 cm³/mol. The molecule has 0 bridgehead atoms. The summed E-state index contributed by atoms with van der Waals surface area (Å²) in [7, 11) is 1.29. The minimum Gasteiger partial charge on any atom is -0.469 e. The number of carbonyl (C=O) groups is 3. The van der Waals surface area contributed by atoms with E-state index in [1.54, 1.807) is 36.4 Å². The molecule has 0 aromatic heterocycles. The highest BCUT2D eigenvalue weighted by Crippen LogP contribution is 2.55. The number of hydrogen-bond acceptors (Lipinski definition) is 6. The monoisotopic (exact) mass is 571 g/mol. The summed E-state index contributed by atoms with van der Waals surface area (Å²) < 4.78 is 10.6. The topological polar surface area (TPSA) is 111 Å². The molecule has 2 amide bonds. The lowest BCUT2D eigenvalue weighted by atomic mass is 9.62. The third-order valence-corrected chi connectivity index (χ3v) is 7.90. The molecule has 2 aromatic rings. The Kier molecular flexibility index (Phi) is 8.69. The Balaban J connectivity index is 1.75. The number of ether oxygens (including phenoxy) is 2. The van der Waals surface area contributed by atoms with Gasteiger partial charge in [0.15, 0.2) is 0 Å². The first kappa shape index (κ1) is 28.7. The highest BCUT2D eigenvalue weighted by Gasteiger charge is 2.62. The van der Waals surface area contributed by atoms with Gasteiger partial charge < -0.3 is 9.47 Å². The van der Waals surface area contributed by atoms with Crippen LogP contribution in [0.2, 0.25) is 5.02 Å². The smallest absolute Gasteiger partial charge is 0.409 e. The first-order valence-corrected chi connectivity index (χ1v) is 13.5. The van der Waals surface area contributed by atoms with Crippen LogP contribution in [0.5, 0.6) is 0 Å². The number of nitrogens with two attached hydrogens (primary N) is 1. The van der Waals surface area contributed by atoms with Gasteiger partial charge >= 0.3 is 12.1 Å². The normalized spacial score (nSPS) is 22.9. The number of alkyl halides is 1. The minimum absolute atomic E-state index is 0.0366.